The predicted molar refractivity (Wildman–Crippen MR) is 139 cm³/mol. The monoisotopic (exact) mass is 523 g/mol. The number of halogens is 4. The first-order valence-electron chi connectivity index (χ1n) is 10.4. The third-order valence-electron chi connectivity index (χ3n) is 6.05. The van der Waals surface area contributed by atoms with Crippen molar-refractivity contribution in [1.82, 2.24) is 20.2 Å². The van der Waals surface area contributed by atoms with Crippen LogP contribution in [0, 0.1) is 18.7 Å². The number of ketones is 1. The number of carbonyl (C=O) groups excluding carboxylic acids is 1. The van der Waals surface area contributed by atoms with E-state index in [4.69, 9.17) is 0 Å². The maximum absolute atomic E-state index is 13.2. The number of fused-ring (bicyclic) bond motifs is 1. The van der Waals surface area contributed by atoms with Gasteiger partial charge in [0.1, 0.15) is 18.0 Å². The van der Waals surface area contributed by atoms with Crippen LogP contribution in [0.4, 0.5) is 10.2 Å². The standard InChI is InChI=1S/C24H22FN5O.3ClH/c1-15-21(13-28-29-15)18-4-7-22-20(12-18)24(27-14-26-22)30-10-8-17(9-11-30)23(31)16-2-5-19(25)6-3-16;;;/h2-7,12-14,17H,8-11H2,1H3,(H,28,29);3*1H. The second-order valence-electron chi connectivity index (χ2n) is 7.97. The van der Waals surface area contributed by atoms with E-state index in [2.05, 4.69) is 31.1 Å². The third-order valence-corrected chi connectivity index (χ3v) is 6.05. The second-order valence-corrected chi connectivity index (χ2v) is 7.97. The summed E-state index contributed by atoms with van der Waals surface area (Å²) in [6.07, 6.45) is 4.90. The normalized spacial score (nSPS) is 13.5. The number of aromatic amines is 1. The Balaban J connectivity index is 0.00000136. The Bertz CT molecular complexity index is 1260. The molecule has 0 spiro atoms. The van der Waals surface area contributed by atoms with Crippen molar-refractivity contribution in [3.05, 3.63) is 72.1 Å². The minimum atomic E-state index is -0.327. The van der Waals surface area contributed by atoms with Crippen molar-refractivity contribution < 1.29 is 9.18 Å². The lowest BCUT2D eigenvalue weighted by molar-refractivity contribution is 0.0900. The molecule has 2 aromatic carbocycles. The maximum Gasteiger partial charge on any atom is 0.166 e. The van der Waals surface area contributed by atoms with Crippen molar-refractivity contribution in [2.24, 2.45) is 5.92 Å². The van der Waals surface area contributed by atoms with E-state index in [9.17, 15) is 9.18 Å². The van der Waals surface area contributed by atoms with Gasteiger partial charge in [-0.1, -0.05) is 6.07 Å². The van der Waals surface area contributed by atoms with Crippen LogP contribution in [-0.2, 0) is 0 Å². The highest BCUT2D eigenvalue weighted by atomic mass is 35.5. The van der Waals surface area contributed by atoms with Gasteiger partial charge in [0.05, 0.1) is 11.7 Å². The molecule has 1 fully saturated rings. The molecule has 1 N–H and O–H groups in total. The molecule has 0 aliphatic carbocycles. The van der Waals surface area contributed by atoms with E-state index in [0.717, 1.165) is 59.5 Å². The largest absolute Gasteiger partial charge is 0.356 e. The zero-order chi connectivity index (χ0) is 21.4. The lowest BCUT2D eigenvalue weighted by atomic mass is 9.89. The number of aryl methyl sites for hydroxylation is 1. The first kappa shape index (κ1) is 27.5. The lowest BCUT2D eigenvalue weighted by Gasteiger charge is -2.32. The van der Waals surface area contributed by atoms with E-state index in [1.54, 1.807) is 18.5 Å². The molecule has 6 nitrogen and oxygen atoms in total. The summed E-state index contributed by atoms with van der Waals surface area (Å²) in [4.78, 5) is 24.0. The van der Waals surface area contributed by atoms with Gasteiger partial charge in [-0.2, -0.15) is 5.10 Å². The number of H-pyrrole nitrogens is 1. The van der Waals surface area contributed by atoms with Crippen LogP contribution in [-0.4, -0.2) is 39.0 Å². The second kappa shape index (κ2) is 11.6. The number of benzene rings is 2. The molecule has 10 heteroatoms. The van der Waals surface area contributed by atoms with E-state index < -0.39 is 0 Å². The SMILES string of the molecule is Cc1[nH]ncc1-c1ccc2ncnc(N3CCC(C(=O)c4ccc(F)cc4)CC3)c2c1.Cl.Cl.Cl. The molecule has 0 radical (unpaired) electrons. The minimum absolute atomic E-state index is 0. The van der Waals surface area contributed by atoms with Crippen molar-refractivity contribution in [2.75, 3.05) is 18.0 Å². The van der Waals surface area contributed by atoms with Gasteiger partial charge >= 0.3 is 0 Å². The highest BCUT2D eigenvalue weighted by molar-refractivity contribution is 5.98. The summed E-state index contributed by atoms with van der Waals surface area (Å²) in [5.41, 5.74) is 4.60. The topological polar surface area (TPSA) is 74.8 Å². The molecule has 2 aromatic heterocycles. The first-order chi connectivity index (χ1) is 15.1. The summed E-state index contributed by atoms with van der Waals surface area (Å²) in [5, 5.41) is 8.10. The van der Waals surface area contributed by atoms with E-state index >= 15 is 0 Å². The Morgan fingerprint density at radius 1 is 1.03 bits per heavy atom. The first-order valence-corrected chi connectivity index (χ1v) is 10.4. The Hall–Kier alpha value is -2.74. The summed E-state index contributed by atoms with van der Waals surface area (Å²) in [6.45, 7) is 3.47. The van der Waals surface area contributed by atoms with Gasteiger partial charge in [0, 0.05) is 41.2 Å². The molecule has 0 amide bonds. The van der Waals surface area contributed by atoms with Crippen LogP contribution in [0.3, 0.4) is 0 Å². The van der Waals surface area contributed by atoms with Crippen LogP contribution >= 0.6 is 37.2 Å². The summed E-state index contributed by atoms with van der Waals surface area (Å²) in [6, 6.07) is 12.0. The van der Waals surface area contributed by atoms with Gasteiger partial charge in [0.2, 0.25) is 0 Å². The van der Waals surface area contributed by atoms with Gasteiger partial charge in [0.15, 0.2) is 5.78 Å². The molecule has 5 rings (SSSR count). The van der Waals surface area contributed by atoms with Gasteiger partial charge in [0.25, 0.3) is 0 Å². The molecule has 34 heavy (non-hydrogen) atoms. The molecule has 0 unspecified atom stereocenters. The van der Waals surface area contributed by atoms with E-state index in [0.29, 0.717) is 5.56 Å². The zero-order valence-electron chi connectivity index (χ0n) is 18.4. The summed E-state index contributed by atoms with van der Waals surface area (Å²) in [5.74, 6) is 0.594. The third kappa shape index (κ3) is 5.32. The van der Waals surface area contributed by atoms with E-state index in [-0.39, 0.29) is 54.7 Å². The number of hydrogen-bond donors (Lipinski definition) is 1. The van der Waals surface area contributed by atoms with Gasteiger partial charge in [-0.25, -0.2) is 14.4 Å². The molecule has 1 aliphatic rings. The van der Waals surface area contributed by atoms with Crippen molar-refractivity contribution in [2.45, 2.75) is 19.8 Å². The van der Waals surface area contributed by atoms with Gasteiger partial charge < -0.3 is 4.90 Å². The number of anilines is 1. The molecule has 0 bridgehead atoms. The average Bonchev–Trinajstić information content (AvgIpc) is 3.24. The number of rotatable bonds is 4. The zero-order valence-corrected chi connectivity index (χ0v) is 20.9. The van der Waals surface area contributed by atoms with Gasteiger partial charge in [-0.05, 0) is 61.7 Å². The van der Waals surface area contributed by atoms with Crippen LogP contribution in [0.15, 0.2) is 55.0 Å². The molecule has 180 valence electrons. The van der Waals surface area contributed by atoms with Crippen LogP contribution in [0.25, 0.3) is 22.0 Å². The number of aromatic nitrogens is 4. The Kier molecular flexibility index (Phi) is 9.38. The molecule has 3 heterocycles. The quantitative estimate of drug-likeness (QED) is 0.340. The van der Waals surface area contributed by atoms with Crippen LogP contribution in [0.2, 0.25) is 0 Å². The maximum atomic E-state index is 13.2. The lowest BCUT2D eigenvalue weighted by Crippen LogP contribution is -2.37. The fourth-order valence-corrected chi connectivity index (χ4v) is 4.31. The number of nitrogens with zero attached hydrogens (tertiary/aromatic N) is 4. The van der Waals surface area contributed by atoms with Crippen molar-refractivity contribution in [1.29, 1.82) is 0 Å². The van der Waals surface area contributed by atoms with Gasteiger partial charge in [-0.3, -0.25) is 9.89 Å². The Labute approximate surface area is 215 Å². The molecular formula is C24H25Cl3FN5O. The summed E-state index contributed by atoms with van der Waals surface area (Å²) >= 11 is 0. The number of nitrogens with one attached hydrogen (secondary N) is 1. The predicted octanol–water partition coefficient (Wildman–Crippen LogP) is 5.83. The smallest absolute Gasteiger partial charge is 0.166 e. The van der Waals surface area contributed by atoms with Gasteiger partial charge in [-0.15, -0.1) is 37.2 Å². The highest BCUT2D eigenvalue weighted by Crippen LogP contribution is 2.32. The number of piperidine rings is 1. The van der Waals surface area contributed by atoms with Crippen molar-refractivity contribution in [3.63, 3.8) is 0 Å². The van der Waals surface area contributed by atoms with Crippen LogP contribution < -0.4 is 4.90 Å². The molecule has 1 aliphatic heterocycles. The molecule has 4 aromatic rings. The molecule has 0 atom stereocenters. The van der Waals surface area contributed by atoms with E-state index in [1.807, 2.05) is 25.3 Å². The molecular weight excluding hydrogens is 500 g/mol. The minimum Gasteiger partial charge on any atom is -0.356 e. The Morgan fingerprint density at radius 3 is 2.38 bits per heavy atom. The van der Waals surface area contributed by atoms with E-state index in [1.165, 1.54) is 12.1 Å². The number of Topliss-reactive ketones (excluding diaryl/α,β-unsaturated/α-hetero) is 1. The van der Waals surface area contributed by atoms with Crippen LogP contribution in [0.5, 0.6) is 0 Å². The average molecular weight is 525 g/mol. The number of hydrogen-bond acceptors (Lipinski definition) is 5. The van der Waals surface area contributed by atoms with Crippen LogP contribution in [0.1, 0.15) is 28.9 Å². The Morgan fingerprint density at radius 2 is 1.74 bits per heavy atom. The molecule has 0 saturated carbocycles. The summed E-state index contributed by atoms with van der Waals surface area (Å²) in [7, 11) is 0. The fraction of sp³-hybridized carbons (Fsp3) is 0.250. The number of carbonyl (C=O) groups is 1. The molecule has 1 saturated heterocycles. The highest BCUT2D eigenvalue weighted by Gasteiger charge is 2.27. The van der Waals surface area contributed by atoms with Crippen molar-refractivity contribution in [3.8, 4) is 11.1 Å². The fourth-order valence-electron chi connectivity index (χ4n) is 4.31. The van der Waals surface area contributed by atoms with Crippen molar-refractivity contribution >= 4 is 59.7 Å². The summed E-state index contributed by atoms with van der Waals surface area (Å²) < 4.78 is 13.2.